The molecule has 0 saturated heterocycles. The van der Waals surface area contributed by atoms with Crippen molar-refractivity contribution < 1.29 is 18.0 Å². The van der Waals surface area contributed by atoms with Crippen molar-refractivity contribution in [2.24, 2.45) is 17.8 Å². The van der Waals surface area contributed by atoms with E-state index >= 15 is 0 Å². The summed E-state index contributed by atoms with van der Waals surface area (Å²) in [4.78, 5) is 26.7. The molecule has 2 aromatic carbocycles. The quantitative estimate of drug-likeness (QED) is 0.448. The first-order valence-electron chi connectivity index (χ1n) is 11.7. The number of nitrogens with one attached hydrogen (secondary N) is 1. The van der Waals surface area contributed by atoms with Crippen LogP contribution < -0.4 is 10.2 Å². The number of carbonyl (C=O) groups is 1. The van der Waals surface area contributed by atoms with Gasteiger partial charge in [-0.1, -0.05) is 47.7 Å². The van der Waals surface area contributed by atoms with Crippen LogP contribution in [0.15, 0.2) is 64.4 Å². The highest BCUT2D eigenvalue weighted by Crippen LogP contribution is 2.63. The second kappa shape index (κ2) is 8.55. The lowest BCUT2D eigenvalue weighted by atomic mass is 9.75. The van der Waals surface area contributed by atoms with E-state index < -0.39 is 17.6 Å². The predicted molar refractivity (Wildman–Crippen MR) is 131 cm³/mol. The number of alkyl halides is 3. The fourth-order valence-corrected chi connectivity index (χ4v) is 9.39. The van der Waals surface area contributed by atoms with Gasteiger partial charge in [-0.3, -0.25) is 14.2 Å². The van der Waals surface area contributed by atoms with Gasteiger partial charge in [0.25, 0.3) is 0 Å². The van der Waals surface area contributed by atoms with Crippen LogP contribution in [-0.2, 0) is 17.5 Å². The van der Waals surface area contributed by atoms with Crippen LogP contribution in [0.4, 0.5) is 18.9 Å². The van der Waals surface area contributed by atoms with Crippen molar-refractivity contribution in [3.8, 4) is 0 Å². The maximum atomic E-state index is 13.1. The third kappa shape index (κ3) is 4.02. The lowest BCUT2D eigenvalue weighted by Crippen LogP contribution is -2.34. The molecule has 6 rings (SSSR count). The second-order valence-electron chi connectivity index (χ2n) is 9.63. The summed E-state index contributed by atoms with van der Waals surface area (Å²) in [5.74, 6) is 1.39. The average Bonchev–Trinajstić information content (AvgIpc) is 3.52. The lowest BCUT2D eigenvalue weighted by Gasteiger charge is -2.40. The van der Waals surface area contributed by atoms with Crippen LogP contribution in [0.3, 0.4) is 0 Å². The Kier molecular flexibility index (Phi) is 5.60. The number of anilines is 1. The smallest absolute Gasteiger partial charge is 0.325 e. The Hall–Kier alpha value is -2.52. The van der Waals surface area contributed by atoms with Crippen LogP contribution in [-0.4, -0.2) is 15.7 Å². The van der Waals surface area contributed by atoms with Crippen molar-refractivity contribution in [1.29, 1.82) is 0 Å². The Morgan fingerprint density at radius 1 is 1.06 bits per heavy atom. The van der Waals surface area contributed by atoms with Gasteiger partial charge in [0, 0.05) is 21.7 Å². The standard InChI is InChI=1S/C26H23F3N2O2S2/c27-26(28,29)17-7-4-8-18(12-17)30-19(32)13-31-24-23(35-25(31)33)20(14-5-2-1-3-6-14)21-15-9-10-16(11-15)22(21)34-24/h1-8,12,15-16,20-22H,9-11,13H2,(H,30,32)/t15?,16?,20-,21?,22?/m0/s1. The summed E-state index contributed by atoms with van der Waals surface area (Å²) in [5.41, 5.74) is 0.437. The molecule has 1 aromatic heterocycles. The number of aromatic nitrogens is 1. The van der Waals surface area contributed by atoms with Crippen LogP contribution >= 0.6 is 23.1 Å². The first-order chi connectivity index (χ1) is 16.8. The van der Waals surface area contributed by atoms with Crippen molar-refractivity contribution in [2.75, 3.05) is 5.32 Å². The topological polar surface area (TPSA) is 51.1 Å². The zero-order valence-corrected chi connectivity index (χ0v) is 20.3. The van der Waals surface area contributed by atoms with Gasteiger partial charge in [-0.05, 0) is 60.8 Å². The van der Waals surface area contributed by atoms with E-state index in [0.29, 0.717) is 23.0 Å². The first kappa shape index (κ1) is 22.9. The molecule has 5 atom stereocenters. The number of amides is 1. The van der Waals surface area contributed by atoms with Gasteiger partial charge in [0.15, 0.2) is 0 Å². The summed E-state index contributed by atoms with van der Waals surface area (Å²) in [5, 5.41) is 3.80. The summed E-state index contributed by atoms with van der Waals surface area (Å²) >= 11 is 2.94. The highest BCUT2D eigenvalue weighted by molar-refractivity contribution is 8.00. The molecule has 3 aliphatic rings. The fraction of sp³-hybridized carbons (Fsp3) is 0.385. The number of thiazole rings is 1. The average molecular weight is 517 g/mol. The fourth-order valence-electron chi connectivity index (χ4n) is 6.24. The molecular weight excluding hydrogens is 493 g/mol. The van der Waals surface area contributed by atoms with Crippen molar-refractivity contribution in [3.63, 3.8) is 0 Å². The monoisotopic (exact) mass is 516 g/mol. The summed E-state index contributed by atoms with van der Waals surface area (Å²) in [6, 6.07) is 14.8. The number of nitrogens with zero attached hydrogens (tertiary/aromatic N) is 1. The van der Waals surface area contributed by atoms with E-state index in [-0.39, 0.29) is 23.0 Å². The number of benzene rings is 2. The largest absolute Gasteiger partial charge is 0.416 e. The first-order valence-corrected chi connectivity index (χ1v) is 13.4. The number of hydrogen-bond acceptors (Lipinski definition) is 4. The minimum atomic E-state index is -4.50. The molecule has 1 N–H and O–H groups in total. The zero-order valence-electron chi connectivity index (χ0n) is 18.6. The van der Waals surface area contributed by atoms with E-state index in [0.717, 1.165) is 22.0 Å². The summed E-state index contributed by atoms with van der Waals surface area (Å²) in [6.45, 7) is -0.221. The van der Waals surface area contributed by atoms with E-state index in [1.807, 2.05) is 18.2 Å². The van der Waals surface area contributed by atoms with E-state index in [1.54, 1.807) is 11.8 Å². The Bertz CT molecular complexity index is 1330. The minimum absolute atomic E-state index is 0.0601. The molecular formula is C26H23F3N2O2S2. The molecule has 3 aromatic rings. The molecule has 1 amide bonds. The third-order valence-electron chi connectivity index (χ3n) is 7.62. The number of fused-ring (bicyclic) bond motifs is 6. The molecule has 2 heterocycles. The minimum Gasteiger partial charge on any atom is -0.325 e. The summed E-state index contributed by atoms with van der Waals surface area (Å²) in [6.07, 6.45) is -0.828. The molecule has 4 unspecified atom stereocenters. The maximum absolute atomic E-state index is 13.1. The molecule has 0 radical (unpaired) electrons. The van der Waals surface area contributed by atoms with Crippen LogP contribution in [0.1, 0.15) is 41.2 Å². The molecule has 2 bridgehead atoms. The molecule has 1 aliphatic heterocycles. The predicted octanol–water partition coefficient (Wildman–Crippen LogP) is 6.22. The van der Waals surface area contributed by atoms with E-state index in [4.69, 9.17) is 0 Å². The van der Waals surface area contributed by atoms with Gasteiger partial charge in [-0.2, -0.15) is 13.2 Å². The molecule has 2 saturated carbocycles. The van der Waals surface area contributed by atoms with Gasteiger partial charge >= 0.3 is 11.0 Å². The third-order valence-corrected chi connectivity index (χ3v) is 10.5. The van der Waals surface area contributed by atoms with Crippen molar-refractivity contribution in [2.45, 2.75) is 48.2 Å². The maximum Gasteiger partial charge on any atom is 0.416 e. The van der Waals surface area contributed by atoms with Crippen molar-refractivity contribution in [3.05, 3.63) is 80.3 Å². The molecule has 35 heavy (non-hydrogen) atoms. The Morgan fingerprint density at radius 3 is 2.60 bits per heavy atom. The van der Waals surface area contributed by atoms with Gasteiger partial charge in [-0.15, -0.1) is 11.8 Å². The number of halogens is 3. The van der Waals surface area contributed by atoms with Crippen LogP contribution in [0.2, 0.25) is 0 Å². The highest BCUT2D eigenvalue weighted by atomic mass is 32.2. The number of thioether (sulfide) groups is 1. The van der Waals surface area contributed by atoms with E-state index in [1.165, 1.54) is 52.9 Å². The molecule has 2 fully saturated rings. The normalized spacial score (nSPS) is 26.9. The number of carbonyl (C=O) groups excluding carboxylic acids is 1. The van der Waals surface area contributed by atoms with Gasteiger partial charge in [-0.25, -0.2) is 0 Å². The van der Waals surface area contributed by atoms with Gasteiger partial charge < -0.3 is 5.32 Å². The Labute approximate surface area is 208 Å². The zero-order chi connectivity index (χ0) is 24.3. The van der Waals surface area contributed by atoms with Gasteiger partial charge in [0.2, 0.25) is 5.91 Å². The van der Waals surface area contributed by atoms with E-state index in [2.05, 4.69) is 17.4 Å². The SMILES string of the molecule is O=C(Cn1c2c(sc1=O)[C@@H](c1ccccc1)C1C3CCC(C3)C1S2)Nc1cccc(C(F)(F)F)c1. The summed E-state index contributed by atoms with van der Waals surface area (Å²) in [7, 11) is 0. The second-order valence-corrected chi connectivity index (χ2v) is 11.8. The van der Waals surface area contributed by atoms with Crippen LogP contribution in [0.5, 0.6) is 0 Å². The van der Waals surface area contributed by atoms with Crippen molar-refractivity contribution in [1.82, 2.24) is 4.57 Å². The van der Waals surface area contributed by atoms with Gasteiger partial charge in [0.1, 0.15) is 6.54 Å². The van der Waals surface area contributed by atoms with E-state index in [9.17, 15) is 22.8 Å². The van der Waals surface area contributed by atoms with Crippen LogP contribution in [0, 0.1) is 17.8 Å². The Balaban J connectivity index is 1.32. The molecule has 182 valence electrons. The van der Waals surface area contributed by atoms with Crippen LogP contribution in [0.25, 0.3) is 0 Å². The lowest BCUT2D eigenvalue weighted by molar-refractivity contribution is -0.137. The molecule has 2 aliphatic carbocycles. The summed E-state index contributed by atoms with van der Waals surface area (Å²) < 4.78 is 40.6. The molecule has 4 nitrogen and oxygen atoms in total. The highest BCUT2D eigenvalue weighted by Gasteiger charge is 2.55. The Morgan fingerprint density at radius 2 is 1.83 bits per heavy atom. The van der Waals surface area contributed by atoms with Crippen molar-refractivity contribution >= 4 is 34.7 Å². The number of rotatable bonds is 4. The molecule has 9 heteroatoms. The van der Waals surface area contributed by atoms with Gasteiger partial charge in [0.05, 0.1) is 10.6 Å². The number of hydrogen-bond donors (Lipinski definition) is 1. The molecule has 0 spiro atoms.